The van der Waals surface area contributed by atoms with E-state index in [4.69, 9.17) is 49.5 Å². The van der Waals surface area contributed by atoms with Crippen LogP contribution in [0.3, 0.4) is 0 Å². The largest absolute Gasteiger partial charge is 0.573 e. The molecule has 4 heterocycles. The molecule has 83 heavy (non-hydrogen) atoms. The second-order valence-electron chi connectivity index (χ2n) is 17.8. The molecule has 1 aliphatic carbocycles. The number of halogens is 8. The molecule has 0 aliphatic heterocycles. The summed E-state index contributed by atoms with van der Waals surface area (Å²) in [7, 11) is 2.84. The number of hydrogen-bond donors (Lipinski definition) is 3. The van der Waals surface area contributed by atoms with Gasteiger partial charge in [-0.1, -0.05) is 83.9 Å². The minimum absolute atomic E-state index is 0. The van der Waals surface area contributed by atoms with Crippen LogP contribution in [0.2, 0.25) is 10.0 Å². The molecule has 4 aromatic heterocycles. The quantitative estimate of drug-likeness (QED) is 0.0492. The summed E-state index contributed by atoms with van der Waals surface area (Å²) < 4.78 is 103. The van der Waals surface area contributed by atoms with Crippen LogP contribution in [0.25, 0.3) is 22.3 Å². The summed E-state index contributed by atoms with van der Waals surface area (Å²) in [6, 6.07) is 29.2. The molecule has 0 fully saturated rings. The van der Waals surface area contributed by atoms with E-state index < -0.39 is 52.6 Å². The number of aryl methyl sites for hydroxylation is 2. The van der Waals surface area contributed by atoms with Crippen molar-refractivity contribution in [3.8, 4) is 35.0 Å². The fraction of sp³-hybridized carbons (Fsp3) is 0.208. The second-order valence-corrected chi connectivity index (χ2v) is 18.7. The first kappa shape index (κ1) is 61.2. The first-order chi connectivity index (χ1) is 39.0. The molecule has 0 bridgehead atoms. The Labute approximate surface area is 473 Å². The summed E-state index contributed by atoms with van der Waals surface area (Å²) in [6.45, 7) is -0.0967. The highest BCUT2D eigenvalue weighted by atomic mass is 35.5. The monoisotopic (exact) mass is 1200 g/mol. The van der Waals surface area contributed by atoms with E-state index in [2.05, 4.69) is 19.4 Å². The average molecular weight is 1200 g/mol. The molecule has 30 heteroatoms. The predicted molar refractivity (Wildman–Crippen MR) is 289 cm³/mol. The Kier molecular flexibility index (Phi) is 18.6. The number of nitrogens with two attached hydrogens (primary N) is 1. The van der Waals surface area contributed by atoms with Gasteiger partial charge in [0, 0.05) is 68.5 Å². The van der Waals surface area contributed by atoms with Crippen LogP contribution in [0.4, 0.5) is 26.3 Å². The number of ketones is 2. The molecule has 6 N–H and O–H groups in total. The van der Waals surface area contributed by atoms with Crippen molar-refractivity contribution in [3.05, 3.63) is 195 Å². The number of Topliss-reactive ketones (excluding diaryl/α,β-unsaturated/α-hetero) is 2. The Morgan fingerprint density at radius 3 is 1.30 bits per heavy atom. The summed E-state index contributed by atoms with van der Waals surface area (Å²) in [4.78, 5) is 87.8. The number of carbonyl (C=O) groups is 2. The van der Waals surface area contributed by atoms with Crippen molar-refractivity contribution in [1.29, 1.82) is 11.1 Å². The molecule has 436 valence electrons. The van der Waals surface area contributed by atoms with Gasteiger partial charge >= 0.3 is 36.1 Å². The lowest BCUT2D eigenvalue weighted by Crippen LogP contribution is -2.41. The van der Waals surface area contributed by atoms with E-state index >= 15 is 0 Å². The number of nitrogens with one attached hydrogen (secondary N) is 2. The van der Waals surface area contributed by atoms with Crippen molar-refractivity contribution in [1.82, 2.24) is 37.4 Å². The molecular weight excluding hydrogens is 1150 g/mol. The van der Waals surface area contributed by atoms with E-state index in [9.17, 15) is 55.1 Å². The van der Waals surface area contributed by atoms with Crippen LogP contribution in [-0.4, -0.2) is 73.7 Å². The van der Waals surface area contributed by atoms with Crippen molar-refractivity contribution in [3.63, 3.8) is 0 Å². The van der Waals surface area contributed by atoms with Crippen molar-refractivity contribution in [2.75, 3.05) is 6.54 Å². The first-order valence-corrected chi connectivity index (χ1v) is 24.8. The van der Waals surface area contributed by atoms with Gasteiger partial charge in [0.25, 0.3) is 11.1 Å². The van der Waals surface area contributed by atoms with E-state index in [1.807, 2.05) is 0 Å². The van der Waals surface area contributed by atoms with Gasteiger partial charge in [-0.3, -0.25) is 46.6 Å². The molecule has 0 spiro atoms. The Bertz CT molecular complexity index is 4110. The average Bonchev–Trinajstić information content (AvgIpc) is 1.78. The molecule has 1 aliphatic rings. The zero-order valence-corrected chi connectivity index (χ0v) is 44.6. The van der Waals surface area contributed by atoms with Crippen molar-refractivity contribution < 1.29 is 61.8 Å². The molecule has 0 unspecified atom stereocenters. The molecule has 0 saturated heterocycles. The van der Waals surface area contributed by atoms with Crippen LogP contribution < -0.4 is 47.2 Å². The van der Waals surface area contributed by atoms with Gasteiger partial charge in [-0.05, 0) is 66.1 Å². The number of carbonyl (C=O) groups excluding carboxylic acids is 2. The van der Waals surface area contributed by atoms with Crippen molar-refractivity contribution >= 4 is 57.1 Å². The molecule has 0 amide bonds. The molecule has 9 aromatic rings. The highest BCUT2D eigenvalue weighted by molar-refractivity contribution is 6.30. The summed E-state index contributed by atoms with van der Waals surface area (Å²) >= 11 is 12.0. The zero-order valence-electron chi connectivity index (χ0n) is 43.1. The zero-order chi connectivity index (χ0) is 59.4. The smallest absolute Gasteiger partial charge is 0.425 e. The third-order valence-electron chi connectivity index (χ3n) is 12.5. The SMILES string of the molecule is Cn1c(=O)n(CCC2C(=O)c3ccccc3C2=O)c(=O)c2c1nc(Oc1cccc(OC(F)(F)F)c1)n2Cc1ccc(Cl)cc1.Cn1c(=O)n(CCN)c(=O)c2c1nc(Oc1cccc(OC(F)(F)F)c1)n2Cc1ccc(Cl)cc1.N=N.O.[HH]. The predicted octanol–water partition coefficient (Wildman–Crippen LogP) is 8.64. The van der Waals surface area contributed by atoms with Gasteiger partial charge in [-0.15, -0.1) is 26.3 Å². The maximum absolute atomic E-state index is 13.9. The van der Waals surface area contributed by atoms with Gasteiger partial charge in [0.2, 0.25) is 0 Å². The van der Waals surface area contributed by atoms with E-state index in [0.29, 0.717) is 26.7 Å². The molecule has 5 aromatic carbocycles. The summed E-state index contributed by atoms with van der Waals surface area (Å²) in [6.07, 6.45) is -9.90. The number of rotatable bonds is 15. The van der Waals surface area contributed by atoms with Crippen molar-refractivity contribution in [2.45, 2.75) is 45.3 Å². The van der Waals surface area contributed by atoms with Gasteiger partial charge in [0.05, 0.1) is 19.0 Å². The van der Waals surface area contributed by atoms with Crippen LogP contribution in [0, 0.1) is 17.0 Å². The van der Waals surface area contributed by atoms with E-state index in [-0.39, 0.29) is 103 Å². The van der Waals surface area contributed by atoms with Gasteiger partial charge < -0.3 is 30.2 Å². The third-order valence-corrected chi connectivity index (χ3v) is 13.0. The summed E-state index contributed by atoms with van der Waals surface area (Å²) in [5.41, 5.74) is 14.8. The van der Waals surface area contributed by atoms with Gasteiger partial charge in [-0.25, -0.2) is 20.7 Å². The highest BCUT2D eigenvalue weighted by Crippen LogP contribution is 2.34. The molecule has 10 rings (SSSR count). The van der Waals surface area contributed by atoms with Crippen LogP contribution >= 0.6 is 23.2 Å². The number of hydrogen-bond acceptors (Lipinski definition) is 15. The number of benzene rings is 5. The standard InChI is InChI=1S/C31H22ClF3N4O6.C22H19ClF3N5O4.H2N2.H2O.H2/c1-37-27-24(28(42)38(30(37)43)14-13-23-25(40)21-7-2-3-8-22(21)26(23)41)39(16-17-9-11-18(32)12-10-17)29(36-27)44-19-5-4-6-20(15-19)45-31(33,34)35;1-29-18-17(19(32)30(10-9-27)21(29)33)31(12-13-5-7-14(23)8-6-13)20(28-18)34-15-3-2-4-16(11-15)35-22(24,25)26;1-2;;/h2-12,15,23H,13-14,16H2,1H3;2-8,11H,9-10,12,27H2,1H3;1-2H;1H2;1H. The summed E-state index contributed by atoms with van der Waals surface area (Å²) in [5, 5.41) is 0.977. The minimum Gasteiger partial charge on any atom is -0.425 e. The van der Waals surface area contributed by atoms with Gasteiger partial charge in [-0.2, -0.15) is 9.97 Å². The second kappa shape index (κ2) is 25.2. The molecule has 0 atom stereocenters. The number of fused-ring (bicyclic) bond motifs is 3. The third kappa shape index (κ3) is 13.5. The Hall–Kier alpha value is -9.38. The van der Waals surface area contributed by atoms with Crippen LogP contribution in [-0.2, 0) is 40.3 Å². The number of ether oxygens (including phenoxy) is 4. The molecule has 0 saturated carbocycles. The van der Waals surface area contributed by atoms with Crippen LogP contribution in [0.15, 0.2) is 141 Å². The number of alkyl halides is 6. The van der Waals surface area contributed by atoms with Gasteiger partial charge in [0.1, 0.15) is 23.0 Å². The fourth-order valence-electron chi connectivity index (χ4n) is 8.83. The van der Waals surface area contributed by atoms with E-state index in [1.165, 1.54) is 52.1 Å². The Balaban J connectivity index is 0.000000263. The minimum atomic E-state index is -4.93. The Morgan fingerprint density at radius 2 is 0.928 bits per heavy atom. The lowest BCUT2D eigenvalue weighted by molar-refractivity contribution is -0.275. The fourth-order valence-corrected chi connectivity index (χ4v) is 9.08. The lowest BCUT2D eigenvalue weighted by Gasteiger charge is -2.13. The normalized spacial score (nSPS) is 12.3. The van der Waals surface area contributed by atoms with E-state index in [0.717, 1.165) is 43.5 Å². The number of nitrogens with zero attached hydrogens (tertiary/aromatic N) is 8. The first-order valence-electron chi connectivity index (χ1n) is 24.1. The van der Waals surface area contributed by atoms with Gasteiger partial charge in [0.15, 0.2) is 33.9 Å². The molecule has 22 nitrogen and oxygen atoms in total. The Morgan fingerprint density at radius 1 is 0.554 bits per heavy atom. The number of aromatic nitrogens is 8. The maximum Gasteiger partial charge on any atom is 0.573 e. The highest BCUT2D eigenvalue weighted by Gasteiger charge is 2.38. The molecule has 0 radical (unpaired) electrons. The van der Waals surface area contributed by atoms with E-state index in [1.54, 1.807) is 72.8 Å². The summed E-state index contributed by atoms with van der Waals surface area (Å²) in [5.74, 6) is -2.91. The van der Waals surface area contributed by atoms with Crippen LogP contribution in [0.1, 0.15) is 39.7 Å². The lowest BCUT2D eigenvalue weighted by atomic mass is 10.00. The van der Waals surface area contributed by atoms with Crippen LogP contribution in [0.5, 0.6) is 35.0 Å². The number of imidazole rings is 2. The maximum atomic E-state index is 13.9. The molecular formula is C53H47Cl2F6N11O11. The van der Waals surface area contributed by atoms with Crippen molar-refractivity contribution in [2.24, 2.45) is 25.7 Å². The topological polar surface area (TPSA) is 300 Å².